The zero-order valence-corrected chi connectivity index (χ0v) is 18.6. The molecule has 2 heterocycles. The maximum absolute atomic E-state index is 14.3. The molecule has 34 heavy (non-hydrogen) atoms. The largest absolute Gasteiger partial charge is 0.459 e. The van der Waals surface area contributed by atoms with Gasteiger partial charge in [0.05, 0.1) is 17.6 Å². The third-order valence-corrected chi connectivity index (χ3v) is 5.75. The first-order valence-electron chi connectivity index (χ1n) is 11.1. The van der Waals surface area contributed by atoms with Crippen molar-refractivity contribution in [3.05, 3.63) is 90.3 Å². The second kappa shape index (κ2) is 8.97. The molecule has 1 N–H and O–H groups in total. The van der Waals surface area contributed by atoms with Gasteiger partial charge < -0.3 is 9.32 Å². The highest BCUT2D eigenvalue weighted by Crippen LogP contribution is 2.29. The van der Waals surface area contributed by atoms with Crippen LogP contribution in [0, 0.1) is 12.7 Å². The SMILES string of the molecule is Cc1ccc(-n2cc(-c3ccccc3)nc2NC(=O)CN(C(=O)c2ccco2)C2CC2)cc1F. The number of benzene rings is 2. The van der Waals surface area contributed by atoms with Crippen LogP contribution in [0.4, 0.5) is 10.3 Å². The summed E-state index contributed by atoms with van der Waals surface area (Å²) in [4.78, 5) is 31.9. The van der Waals surface area contributed by atoms with Gasteiger partial charge in [0.1, 0.15) is 12.4 Å². The van der Waals surface area contributed by atoms with Gasteiger partial charge >= 0.3 is 0 Å². The van der Waals surface area contributed by atoms with Crippen molar-refractivity contribution in [3.8, 4) is 16.9 Å². The lowest BCUT2D eigenvalue weighted by molar-refractivity contribution is -0.117. The number of imidazole rings is 1. The highest BCUT2D eigenvalue weighted by atomic mass is 19.1. The maximum Gasteiger partial charge on any atom is 0.290 e. The molecule has 2 aromatic heterocycles. The van der Waals surface area contributed by atoms with Gasteiger partial charge in [-0.25, -0.2) is 9.37 Å². The molecule has 0 aliphatic heterocycles. The Bertz CT molecular complexity index is 1330. The van der Waals surface area contributed by atoms with E-state index in [1.54, 1.807) is 42.0 Å². The summed E-state index contributed by atoms with van der Waals surface area (Å²) in [5.74, 6) is -0.632. The van der Waals surface area contributed by atoms with Crippen LogP contribution in [-0.2, 0) is 4.79 Å². The van der Waals surface area contributed by atoms with Gasteiger partial charge in [0.25, 0.3) is 5.91 Å². The lowest BCUT2D eigenvalue weighted by Crippen LogP contribution is -2.39. The molecule has 5 rings (SSSR count). The van der Waals surface area contributed by atoms with Gasteiger partial charge in [-0.2, -0.15) is 0 Å². The predicted molar refractivity (Wildman–Crippen MR) is 125 cm³/mol. The second-order valence-corrected chi connectivity index (χ2v) is 8.31. The number of furan rings is 1. The van der Waals surface area contributed by atoms with Crippen LogP contribution in [0.2, 0.25) is 0 Å². The standard InChI is InChI=1S/C26H23FN4O3/c1-17-9-10-20(14-21(17)27)31-15-22(18-6-3-2-4-7-18)28-26(31)29-24(32)16-30(19-11-12-19)25(33)23-8-5-13-34-23/h2-10,13-15,19H,11-12,16H2,1H3,(H,28,29,32). The summed E-state index contributed by atoms with van der Waals surface area (Å²) in [6.45, 7) is 1.55. The first-order valence-corrected chi connectivity index (χ1v) is 11.1. The summed E-state index contributed by atoms with van der Waals surface area (Å²) in [6.07, 6.45) is 4.87. The summed E-state index contributed by atoms with van der Waals surface area (Å²) >= 11 is 0. The van der Waals surface area contributed by atoms with E-state index in [2.05, 4.69) is 10.3 Å². The van der Waals surface area contributed by atoms with E-state index in [0.29, 0.717) is 16.9 Å². The molecule has 172 valence electrons. The van der Waals surface area contributed by atoms with E-state index >= 15 is 0 Å². The molecule has 1 aliphatic rings. The molecule has 0 bridgehead atoms. The molecule has 2 amide bonds. The minimum atomic E-state index is -0.397. The average Bonchev–Trinajstić information content (AvgIpc) is 3.36. The Morgan fingerprint density at radius 1 is 1.15 bits per heavy atom. The van der Waals surface area contributed by atoms with Crippen LogP contribution in [-0.4, -0.2) is 38.9 Å². The molecule has 1 fully saturated rings. The Hall–Kier alpha value is -4.20. The van der Waals surface area contributed by atoms with Gasteiger partial charge in [0.15, 0.2) is 5.76 Å². The molecule has 2 aromatic carbocycles. The predicted octanol–water partition coefficient (Wildman–Crippen LogP) is 4.82. The van der Waals surface area contributed by atoms with Gasteiger partial charge in [-0.3, -0.25) is 19.5 Å². The van der Waals surface area contributed by atoms with Crippen molar-refractivity contribution < 1.29 is 18.4 Å². The fourth-order valence-electron chi connectivity index (χ4n) is 3.76. The molecular weight excluding hydrogens is 435 g/mol. The Morgan fingerprint density at radius 3 is 2.62 bits per heavy atom. The molecule has 0 spiro atoms. The molecule has 4 aromatic rings. The summed E-state index contributed by atoms with van der Waals surface area (Å²) < 4.78 is 21.2. The Kier molecular flexibility index (Phi) is 5.71. The monoisotopic (exact) mass is 458 g/mol. The number of hydrogen-bond donors (Lipinski definition) is 1. The van der Waals surface area contributed by atoms with Gasteiger partial charge in [0.2, 0.25) is 11.9 Å². The molecular formula is C26H23FN4O3. The zero-order chi connectivity index (χ0) is 23.7. The molecule has 7 nitrogen and oxygen atoms in total. The van der Waals surface area contributed by atoms with E-state index in [1.807, 2.05) is 30.3 Å². The van der Waals surface area contributed by atoms with Crippen LogP contribution in [0.25, 0.3) is 16.9 Å². The van der Waals surface area contributed by atoms with Crippen molar-refractivity contribution in [1.29, 1.82) is 0 Å². The lowest BCUT2D eigenvalue weighted by atomic mass is 10.2. The van der Waals surface area contributed by atoms with Crippen LogP contribution in [0.5, 0.6) is 0 Å². The van der Waals surface area contributed by atoms with Gasteiger partial charge in [-0.05, 0) is 49.6 Å². The first kappa shape index (κ1) is 21.6. The van der Waals surface area contributed by atoms with Crippen LogP contribution in [0.3, 0.4) is 0 Å². The number of carbonyl (C=O) groups is 2. The molecule has 8 heteroatoms. The van der Waals surface area contributed by atoms with Crippen molar-refractivity contribution in [2.24, 2.45) is 0 Å². The van der Waals surface area contributed by atoms with E-state index in [9.17, 15) is 14.0 Å². The lowest BCUT2D eigenvalue weighted by Gasteiger charge is -2.20. The number of halogens is 1. The Balaban J connectivity index is 1.43. The summed E-state index contributed by atoms with van der Waals surface area (Å²) in [6, 6.07) is 17.6. The number of amides is 2. The van der Waals surface area contributed by atoms with Gasteiger partial charge in [0, 0.05) is 17.8 Å². The topological polar surface area (TPSA) is 80.4 Å². The van der Waals surface area contributed by atoms with Crippen molar-refractivity contribution in [1.82, 2.24) is 14.5 Å². The van der Waals surface area contributed by atoms with E-state index < -0.39 is 5.91 Å². The molecule has 1 aliphatic carbocycles. The fraction of sp³-hybridized carbons (Fsp3) is 0.192. The molecule has 0 atom stereocenters. The Morgan fingerprint density at radius 2 is 1.94 bits per heavy atom. The fourth-order valence-corrected chi connectivity index (χ4v) is 3.76. The second-order valence-electron chi connectivity index (χ2n) is 8.31. The van der Waals surface area contributed by atoms with Gasteiger partial charge in [-0.1, -0.05) is 36.4 Å². The third-order valence-electron chi connectivity index (χ3n) is 5.75. The Labute approximate surface area is 195 Å². The number of nitrogens with zero attached hydrogens (tertiary/aromatic N) is 3. The van der Waals surface area contributed by atoms with E-state index in [4.69, 9.17) is 4.42 Å². The quantitative estimate of drug-likeness (QED) is 0.431. The van der Waals surface area contributed by atoms with Crippen molar-refractivity contribution in [2.75, 3.05) is 11.9 Å². The van der Waals surface area contributed by atoms with Crippen LogP contribution >= 0.6 is 0 Å². The minimum Gasteiger partial charge on any atom is -0.459 e. The van der Waals surface area contributed by atoms with Crippen molar-refractivity contribution in [2.45, 2.75) is 25.8 Å². The normalized spacial score (nSPS) is 13.0. The average molecular weight is 458 g/mol. The number of hydrogen-bond acceptors (Lipinski definition) is 4. The van der Waals surface area contributed by atoms with E-state index in [1.165, 1.54) is 17.2 Å². The summed E-state index contributed by atoms with van der Waals surface area (Å²) in [7, 11) is 0. The molecule has 0 unspecified atom stereocenters. The molecule has 0 saturated heterocycles. The van der Waals surface area contributed by atoms with Crippen LogP contribution in [0.1, 0.15) is 29.0 Å². The first-order chi connectivity index (χ1) is 16.5. The summed E-state index contributed by atoms with van der Waals surface area (Å²) in [5.41, 5.74) is 2.53. The highest BCUT2D eigenvalue weighted by Gasteiger charge is 2.35. The van der Waals surface area contributed by atoms with Crippen molar-refractivity contribution >= 4 is 17.8 Å². The number of aryl methyl sites for hydroxylation is 1. The highest BCUT2D eigenvalue weighted by molar-refractivity contribution is 5.98. The molecule has 1 saturated carbocycles. The van der Waals surface area contributed by atoms with E-state index in [-0.39, 0.29) is 36.0 Å². The summed E-state index contributed by atoms with van der Waals surface area (Å²) in [5, 5.41) is 2.81. The van der Waals surface area contributed by atoms with Crippen LogP contribution in [0.15, 0.2) is 77.5 Å². The number of aromatic nitrogens is 2. The van der Waals surface area contributed by atoms with Crippen molar-refractivity contribution in [3.63, 3.8) is 0 Å². The zero-order valence-electron chi connectivity index (χ0n) is 18.6. The van der Waals surface area contributed by atoms with E-state index in [0.717, 1.165) is 18.4 Å². The number of nitrogens with one attached hydrogen (secondary N) is 1. The third kappa shape index (κ3) is 4.47. The minimum absolute atomic E-state index is 0.00849. The van der Waals surface area contributed by atoms with Gasteiger partial charge in [-0.15, -0.1) is 0 Å². The number of carbonyl (C=O) groups excluding carboxylic acids is 2. The maximum atomic E-state index is 14.3. The number of rotatable bonds is 7. The van der Waals surface area contributed by atoms with Crippen LogP contribution < -0.4 is 5.32 Å². The number of anilines is 1. The molecule has 0 radical (unpaired) electrons. The smallest absolute Gasteiger partial charge is 0.290 e.